The molecule has 4 heteroatoms. The van der Waals surface area contributed by atoms with E-state index in [4.69, 9.17) is 4.74 Å². The van der Waals surface area contributed by atoms with Crippen LogP contribution in [-0.4, -0.2) is 17.3 Å². The Morgan fingerprint density at radius 1 is 1.17 bits per heavy atom. The number of benzene rings is 2. The van der Waals surface area contributed by atoms with Crippen molar-refractivity contribution in [2.75, 3.05) is 7.11 Å². The van der Waals surface area contributed by atoms with Gasteiger partial charge in [-0.1, -0.05) is 34.1 Å². The number of aromatic hydroxyl groups is 1. The van der Waals surface area contributed by atoms with Gasteiger partial charge in [-0.05, 0) is 29.8 Å². The molecule has 0 aliphatic heterocycles. The SMILES string of the molecule is COc1ccccc1C(O)c1cc(O)cc(Br)c1. The van der Waals surface area contributed by atoms with E-state index in [0.29, 0.717) is 21.3 Å². The number of methoxy groups -OCH3 is 1. The van der Waals surface area contributed by atoms with Crippen LogP contribution >= 0.6 is 15.9 Å². The van der Waals surface area contributed by atoms with E-state index in [9.17, 15) is 10.2 Å². The van der Waals surface area contributed by atoms with Crippen molar-refractivity contribution in [2.45, 2.75) is 6.10 Å². The van der Waals surface area contributed by atoms with E-state index in [-0.39, 0.29) is 5.75 Å². The topological polar surface area (TPSA) is 49.7 Å². The Morgan fingerprint density at radius 3 is 2.56 bits per heavy atom. The van der Waals surface area contributed by atoms with E-state index in [1.165, 1.54) is 6.07 Å². The number of aliphatic hydroxyl groups excluding tert-OH is 1. The summed E-state index contributed by atoms with van der Waals surface area (Å²) in [6.07, 6.45) is -0.843. The molecule has 94 valence electrons. The smallest absolute Gasteiger partial charge is 0.125 e. The summed E-state index contributed by atoms with van der Waals surface area (Å²) in [6, 6.07) is 12.1. The minimum absolute atomic E-state index is 0.105. The first-order chi connectivity index (χ1) is 8.61. The number of ether oxygens (including phenoxy) is 1. The Balaban J connectivity index is 2.44. The maximum atomic E-state index is 10.3. The van der Waals surface area contributed by atoms with Crippen molar-refractivity contribution in [3.8, 4) is 11.5 Å². The molecule has 3 nitrogen and oxygen atoms in total. The van der Waals surface area contributed by atoms with Crippen LogP contribution in [0.1, 0.15) is 17.2 Å². The molecule has 0 radical (unpaired) electrons. The lowest BCUT2D eigenvalue weighted by Gasteiger charge is -2.15. The maximum absolute atomic E-state index is 10.3. The van der Waals surface area contributed by atoms with Gasteiger partial charge in [-0.2, -0.15) is 0 Å². The van der Waals surface area contributed by atoms with Crippen molar-refractivity contribution in [3.05, 3.63) is 58.1 Å². The minimum atomic E-state index is -0.843. The molecule has 2 aromatic rings. The molecule has 0 heterocycles. The fourth-order valence-electron chi connectivity index (χ4n) is 1.83. The van der Waals surface area contributed by atoms with Crippen LogP contribution in [0.2, 0.25) is 0 Å². The lowest BCUT2D eigenvalue weighted by Crippen LogP contribution is -2.02. The Hall–Kier alpha value is -1.52. The van der Waals surface area contributed by atoms with Gasteiger partial charge in [-0.15, -0.1) is 0 Å². The molecule has 0 saturated carbocycles. The van der Waals surface area contributed by atoms with Gasteiger partial charge in [0, 0.05) is 10.0 Å². The highest BCUT2D eigenvalue weighted by Gasteiger charge is 2.15. The summed E-state index contributed by atoms with van der Waals surface area (Å²) in [5.74, 6) is 0.720. The lowest BCUT2D eigenvalue weighted by molar-refractivity contribution is 0.214. The van der Waals surface area contributed by atoms with Crippen LogP contribution < -0.4 is 4.74 Å². The first-order valence-electron chi connectivity index (χ1n) is 5.42. The van der Waals surface area contributed by atoms with E-state index in [2.05, 4.69) is 15.9 Å². The van der Waals surface area contributed by atoms with Gasteiger partial charge in [0.05, 0.1) is 7.11 Å². The zero-order chi connectivity index (χ0) is 13.1. The Kier molecular flexibility index (Phi) is 3.89. The van der Waals surface area contributed by atoms with Gasteiger partial charge in [-0.3, -0.25) is 0 Å². The Bertz CT molecular complexity index is 534. The average molecular weight is 309 g/mol. The van der Waals surface area contributed by atoms with Crippen molar-refractivity contribution >= 4 is 15.9 Å². The van der Waals surface area contributed by atoms with Gasteiger partial charge in [0.1, 0.15) is 17.6 Å². The second-order valence-electron chi connectivity index (χ2n) is 3.89. The average Bonchev–Trinajstić information content (AvgIpc) is 2.36. The number of phenols is 1. The van der Waals surface area contributed by atoms with E-state index in [0.717, 1.165) is 0 Å². The monoisotopic (exact) mass is 308 g/mol. The van der Waals surface area contributed by atoms with Crippen LogP contribution in [-0.2, 0) is 0 Å². The highest BCUT2D eigenvalue weighted by atomic mass is 79.9. The molecule has 0 fully saturated rings. The van der Waals surface area contributed by atoms with Gasteiger partial charge >= 0.3 is 0 Å². The first-order valence-corrected chi connectivity index (χ1v) is 6.21. The zero-order valence-corrected chi connectivity index (χ0v) is 11.4. The van der Waals surface area contributed by atoms with Crippen LogP contribution in [0.3, 0.4) is 0 Å². The normalized spacial score (nSPS) is 12.2. The Labute approximate surface area is 114 Å². The molecule has 18 heavy (non-hydrogen) atoms. The minimum Gasteiger partial charge on any atom is -0.508 e. The molecular formula is C14H13BrO3. The highest BCUT2D eigenvalue weighted by Crippen LogP contribution is 2.32. The molecule has 0 bridgehead atoms. The molecule has 1 atom stereocenters. The molecular weight excluding hydrogens is 296 g/mol. The summed E-state index contributed by atoms with van der Waals surface area (Å²) in [5.41, 5.74) is 1.27. The van der Waals surface area contributed by atoms with Crippen LogP contribution in [0.25, 0.3) is 0 Å². The summed E-state index contributed by atoms with van der Waals surface area (Å²) in [6.45, 7) is 0. The maximum Gasteiger partial charge on any atom is 0.125 e. The van der Waals surface area contributed by atoms with Gasteiger partial charge in [-0.25, -0.2) is 0 Å². The molecule has 2 N–H and O–H groups in total. The van der Waals surface area contributed by atoms with Crippen LogP contribution in [0.4, 0.5) is 0 Å². The third-order valence-corrected chi connectivity index (χ3v) is 3.11. The van der Waals surface area contributed by atoms with Crippen molar-refractivity contribution in [1.82, 2.24) is 0 Å². The number of aliphatic hydroxyl groups is 1. The fraction of sp³-hybridized carbons (Fsp3) is 0.143. The summed E-state index contributed by atoms with van der Waals surface area (Å²) >= 11 is 3.29. The van der Waals surface area contributed by atoms with Crippen molar-refractivity contribution < 1.29 is 14.9 Å². The van der Waals surface area contributed by atoms with Crippen LogP contribution in [0, 0.1) is 0 Å². The van der Waals surface area contributed by atoms with E-state index in [1.807, 2.05) is 12.1 Å². The van der Waals surface area contributed by atoms with Gasteiger partial charge < -0.3 is 14.9 Å². The summed E-state index contributed by atoms with van der Waals surface area (Å²) in [5, 5.41) is 19.9. The van der Waals surface area contributed by atoms with Crippen molar-refractivity contribution in [1.29, 1.82) is 0 Å². The zero-order valence-electron chi connectivity index (χ0n) is 9.80. The Morgan fingerprint density at radius 2 is 1.89 bits per heavy atom. The van der Waals surface area contributed by atoms with Gasteiger partial charge in [0.2, 0.25) is 0 Å². The molecule has 2 aromatic carbocycles. The highest BCUT2D eigenvalue weighted by molar-refractivity contribution is 9.10. The first kappa shape index (κ1) is 12.9. The van der Waals surface area contributed by atoms with E-state index >= 15 is 0 Å². The number of hydrogen-bond acceptors (Lipinski definition) is 3. The largest absolute Gasteiger partial charge is 0.508 e. The van der Waals surface area contributed by atoms with Gasteiger partial charge in [0.15, 0.2) is 0 Å². The molecule has 0 saturated heterocycles. The quantitative estimate of drug-likeness (QED) is 0.915. The van der Waals surface area contributed by atoms with E-state index < -0.39 is 6.10 Å². The summed E-state index contributed by atoms with van der Waals surface area (Å²) in [7, 11) is 1.56. The van der Waals surface area contributed by atoms with Crippen molar-refractivity contribution in [2.24, 2.45) is 0 Å². The molecule has 0 spiro atoms. The number of para-hydroxylation sites is 1. The number of hydrogen-bond donors (Lipinski definition) is 2. The number of halogens is 1. The van der Waals surface area contributed by atoms with E-state index in [1.54, 1.807) is 31.4 Å². The summed E-state index contributed by atoms with van der Waals surface area (Å²) < 4.78 is 5.93. The third kappa shape index (κ3) is 2.66. The molecule has 0 aliphatic carbocycles. The van der Waals surface area contributed by atoms with Gasteiger partial charge in [0.25, 0.3) is 0 Å². The second kappa shape index (κ2) is 5.42. The molecule has 2 rings (SSSR count). The molecule has 1 unspecified atom stereocenters. The van der Waals surface area contributed by atoms with Crippen LogP contribution in [0.5, 0.6) is 11.5 Å². The second-order valence-corrected chi connectivity index (χ2v) is 4.80. The molecule has 0 amide bonds. The summed E-state index contributed by atoms with van der Waals surface area (Å²) in [4.78, 5) is 0. The third-order valence-electron chi connectivity index (χ3n) is 2.65. The molecule has 0 aliphatic rings. The number of rotatable bonds is 3. The fourth-order valence-corrected chi connectivity index (χ4v) is 2.32. The van der Waals surface area contributed by atoms with Crippen molar-refractivity contribution in [3.63, 3.8) is 0 Å². The standard InChI is InChI=1S/C14H13BrO3/c1-18-13-5-3-2-4-12(13)14(17)9-6-10(15)8-11(16)7-9/h2-8,14,16-17H,1H3. The number of phenolic OH excluding ortho intramolecular Hbond substituents is 1. The molecule has 0 aromatic heterocycles. The predicted molar refractivity (Wildman–Crippen MR) is 72.9 cm³/mol. The lowest BCUT2D eigenvalue weighted by atomic mass is 10.0. The predicted octanol–water partition coefficient (Wildman–Crippen LogP) is 3.25. The van der Waals surface area contributed by atoms with Crippen LogP contribution in [0.15, 0.2) is 46.9 Å².